The lowest BCUT2D eigenvalue weighted by atomic mass is 9.72. The van der Waals surface area contributed by atoms with Crippen LogP contribution < -0.4 is 10.5 Å². The van der Waals surface area contributed by atoms with E-state index in [2.05, 4.69) is 32.0 Å². The molecule has 0 radical (unpaired) electrons. The van der Waals surface area contributed by atoms with Gasteiger partial charge < -0.3 is 10.5 Å². The Morgan fingerprint density at radius 2 is 2.05 bits per heavy atom. The number of hydrogen-bond acceptors (Lipinski definition) is 2. The minimum atomic E-state index is 0.148. The summed E-state index contributed by atoms with van der Waals surface area (Å²) in [6, 6.07) is 8.45. The molecule has 2 nitrogen and oxygen atoms in total. The maximum atomic E-state index is 6.49. The van der Waals surface area contributed by atoms with Crippen molar-refractivity contribution in [2.24, 2.45) is 23.5 Å². The number of ether oxygens (including phenoxy) is 1. The van der Waals surface area contributed by atoms with Crippen molar-refractivity contribution in [2.75, 3.05) is 6.61 Å². The summed E-state index contributed by atoms with van der Waals surface area (Å²) in [6.45, 7) is 7.44. The van der Waals surface area contributed by atoms with Crippen LogP contribution in [0.25, 0.3) is 0 Å². The highest BCUT2D eigenvalue weighted by atomic mass is 16.5. The smallest absolute Gasteiger partial charge is 0.119 e. The summed E-state index contributed by atoms with van der Waals surface area (Å²) >= 11 is 0. The van der Waals surface area contributed by atoms with Gasteiger partial charge in [0.25, 0.3) is 0 Å². The van der Waals surface area contributed by atoms with Crippen molar-refractivity contribution in [2.45, 2.75) is 46.1 Å². The van der Waals surface area contributed by atoms with Crippen LogP contribution in [0.3, 0.4) is 0 Å². The second kappa shape index (κ2) is 6.42. The molecule has 0 saturated heterocycles. The van der Waals surface area contributed by atoms with Crippen LogP contribution >= 0.6 is 0 Å². The van der Waals surface area contributed by atoms with E-state index >= 15 is 0 Å². The molecule has 0 bridgehead atoms. The predicted octanol–water partition coefficient (Wildman–Crippen LogP) is 4.16. The number of benzene rings is 1. The third kappa shape index (κ3) is 3.50. The highest BCUT2D eigenvalue weighted by Crippen LogP contribution is 2.39. The van der Waals surface area contributed by atoms with Crippen molar-refractivity contribution in [3.05, 3.63) is 29.8 Å². The minimum absolute atomic E-state index is 0.148. The molecule has 0 aromatic heterocycles. The molecule has 4 atom stereocenters. The van der Waals surface area contributed by atoms with Crippen molar-refractivity contribution < 1.29 is 4.74 Å². The lowest BCUT2D eigenvalue weighted by Crippen LogP contribution is -2.29. The van der Waals surface area contributed by atoms with E-state index in [0.717, 1.165) is 17.6 Å². The quantitative estimate of drug-likeness (QED) is 0.883. The molecular weight excluding hydrogens is 234 g/mol. The fourth-order valence-electron chi connectivity index (χ4n) is 3.17. The predicted molar refractivity (Wildman–Crippen MR) is 80.2 cm³/mol. The van der Waals surface area contributed by atoms with Crippen molar-refractivity contribution in [1.29, 1.82) is 0 Å². The molecule has 2 heteroatoms. The van der Waals surface area contributed by atoms with Crippen LogP contribution in [0.4, 0.5) is 0 Å². The molecule has 1 fully saturated rings. The van der Waals surface area contributed by atoms with Gasteiger partial charge in [-0.2, -0.15) is 0 Å². The Kier molecular flexibility index (Phi) is 4.87. The maximum absolute atomic E-state index is 6.49. The molecule has 19 heavy (non-hydrogen) atoms. The molecule has 1 aromatic rings. The first-order valence-corrected chi connectivity index (χ1v) is 7.60. The summed E-state index contributed by atoms with van der Waals surface area (Å²) < 4.78 is 5.57. The molecule has 0 aliphatic heterocycles. The van der Waals surface area contributed by atoms with Crippen LogP contribution in [0.1, 0.15) is 51.6 Å². The molecule has 1 aliphatic carbocycles. The van der Waals surface area contributed by atoms with E-state index in [0.29, 0.717) is 12.5 Å². The Bertz CT molecular complexity index is 404. The number of rotatable bonds is 4. The fourth-order valence-corrected chi connectivity index (χ4v) is 3.17. The van der Waals surface area contributed by atoms with Gasteiger partial charge in [0, 0.05) is 6.04 Å². The first kappa shape index (κ1) is 14.4. The van der Waals surface area contributed by atoms with E-state index in [1.54, 1.807) is 0 Å². The Morgan fingerprint density at radius 3 is 2.74 bits per heavy atom. The van der Waals surface area contributed by atoms with Gasteiger partial charge in [-0.3, -0.25) is 0 Å². The van der Waals surface area contributed by atoms with Gasteiger partial charge in [0.15, 0.2) is 0 Å². The molecule has 2 N–H and O–H groups in total. The first-order chi connectivity index (χ1) is 9.11. The third-order valence-corrected chi connectivity index (χ3v) is 4.70. The lowest BCUT2D eigenvalue weighted by Gasteiger charge is -2.35. The normalized spacial score (nSPS) is 28.9. The van der Waals surface area contributed by atoms with Gasteiger partial charge in [0.2, 0.25) is 0 Å². The van der Waals surface area contributed by atoms with Gasteiger partial charge in [0.05, 0.1) is 6.61 Å². The second-order valence-corrected chi connectivity index (χ2v) is 6.06. The Morgan fingerprint density at radius 1 is 1.26 bits per heavy atom. The fraction of sp³-hybridized carbons (Fsp3) is 0.647. The lowest BCUT2D eigenvalue weighted by molar-refractivity contribution is 0.186. The SMILES string of the molecule is CCOc1cccc(C(N)C2CCC(C)C(C)C2)c1. The zero-order valence-corrected chi connectivity index (χ0v) is 12.4. The third-order valence-electron chi connectivity index (χ3n) is 4.70. The summed E-state index contributed by atoms with van der Waals surface area (Å²) in [5.74, 6) is 3.19. The molecule has 0 amide bonds. The number of hydrogen-bond donors (Lipinski definition) is 1. The van der Waals surface area contributed by atoms with Crippen LogP contribution in [0, 0.1) is 17.8 Å². The van der Waals surface area contributed by atoms with Crippen molar-refractivity contribution >= 4 is 0 Å². The van der Waals surface area contributed by atoms with E-state index in [9.17, 15) is 0 Å². The number of nitrogens with two attached hydrogens (primary N) is 1. The molecule has 2 rings (SSSR count). The van der Waals surface area contributed by atoms with Crippen LogP contribution in [-0.4, -0.2) is 6.61 Å². The second-order valence-electron chi connectivity index (χ2n) is 6.06. The average molecular weight is 261 g/mol. The summed E-state index contributed by atoms with van der Waals surface area (Å²) in [7, 11) is 0. The standard InChI is InChI=1S/C17H27NO/c1-4-19-16-7-5-6-14(11-16)17(18)15-9-8-12(2)13(3)10-15/h5-7,11-13,15,17H,4,8-10,18H2,1-3H3. The van der Waals surface area contributed by atoms with Crippen molar-refractivity contribution in [1.82, 2.24) is 0 Å². The molecule has 106 valence electrons. The van der Waals surface area contributed by atoms with E-state index < -0.39 is 0 Å². The Balaban J connectivity index is 2.06. The van der Waals surface area contributed by atoms with Crippen molar-refractivity contribution in [3.8, 4) is 5.75 Å². The van der Waals surface area contributed by atoms with Gasteiger partial charge in [-0.25, -0.2) is 0 Å². The molecule has 1 saturated carbocycles. The van der Waals surface area contributed by atoms with Gasteiger partial charge in [-0.05, 0) is 55.2 Å². The van der Waals surface area contributed by atoms with Gasteiger partial charge in [-0.1, -0.05) is 32.4 Å². The Hall–Kier alpha value is -1.02. The zero-order chi connectivity index (χ0) is 13.8. The summed E-state index contributed by atoms with van der Waals surface area (Å²) in [5, 5.41) is 0. The minimum Gasteiger partial charge on any atom is -0.494 e. The van der Waals surface area contributed by atoms with Crippen LogP contribution in [0.2, 0.25) is 0 Å². The molecule has 4 unspecified atom stereocenters. The van der Waals surface area contributed by atoms with E-state index in [-0.39, 0.29) is 6.04 Å². The maximum Gasteiger partial charge on any atom is 0.119 e. The molecule has 1 aliphatic rings. The van der Waals surface area contributed by atoms with Gasteiger partial charge in [-0.15, -0.1) is 0 Å². The largest absolute Gasteiger partial charge is 0.494 e. The average Bonchev–Trinajstić information content (AvgIpc) is 2.42. The summed E-state index contributed by atoms with van der Waals surface area (Å²) in [6.07, 6.45) is 3.82. The van der Waals surface area contributed by atoms with Crippen LogP contribution in [0.15, 0.2) is 24.3 Å². The molecular formula is C17H27NO. The van der Waals surface area contributed by atoms with Crippen LogP contribution in [0.5, 0.6) is 5.75 Å². The van der Waals surface area contributed by atoms with Gasteiger partial charge in [0.1, 0.15) is 5.75 Å². The highest BCUT2D eigenvalue weighted by Gasteiger charge is 2.29. The van der Waals surface area contributed by atoms with Crippen molar-refractivity contribution in [3.63, 3.8) is 0 Å². The molecule has 0 spiro atoms. The van der Waals surface area contributed by atoms with E-state index in [1.807, 2.05) is 13.0 Å². The molecule has 1 aromatic carbocycles. The highest BCUT2D eigenvalue weighted by molar-refractivity contribution is 5.30. The van der Waals surface area contributed by atoms with E-state index in [1.165, 1.54) is 24.8 Å². The topological polar surface area (TPSA) is 35.2 Å². The van der Waals surface area contributed by atoms with Gasteiger partial charge >= 0.3 is 0 Å². The first-order valence-electron chi connectivity index (χ1n) is 7.60. The summed E-state index contributed by atoms with van der Waals surface area (Å²) in [4.78, 5) is 0. The monoisotopic (exact) mass is 261 g/mol. The van der Waals surface area contributed by atoms with E-state index in [4.69, 9.17) is 10.5 Å². The summed E-state index contributed by atoms with van der Waals surface area (Å²) in [5.41, 5.74) is 7.71. The zero-order valence-electron chi connectivity index (χ0n) is 12.4. The van der Waals surface area contributed by atoms with Crippen LogP contribution in [-0.2, 0) is 0 Å². The molecule has 0 heterocycles. The Labute approximate surface area is 117 Å².